The van der Waals surface area contributed by atoms with E-state index in [1.54, 1.807) is 26.8 Å². The van der Waals surface area contributed by atoms with E-state index in [4.69, 9.17) is 16.3 Å². The van der Waals surface area contributed by atoms with Crippen LogP contribution >= 0.6 is 11.6 Å². The number of fused-ring (bicyclic) bond motifs is 3. The molecule has 1 fully saturated rings. The van der Waals surface area contributed by atoms with Crippen LogP contribution in [0.4, 0.5) is 0 Å². The fourth-order valence-corrected chi connectivity index (χ4v) is 3.99. The number of allylic oxidation sites excluding steroid dienone is 3. The lowest BCUT2D eigenvalue weighted by atomic mass is 9.91. The van der Waals surface area contributed by atoms with Crippen LogP contribution in [-0.4, -0.2) is 27.7 Å². The summed E-state index contributed by atoms with van der Waals surface area (Å²) in [7, 11) is 0. The van der Waals surface area contributed by atoms with Crippen LogP contribution in [0, 0.1) is 6.92 Å². The topological polar surface area (TPSA) is 66.8 Å². The Morgan fingerprint density at radius 3 is 2.50 bits per heavy atom. The first-order chi connectivity index (χ1) is 13.0. The van der Waals surface area contributed by atoms with Crippen molar-refractivity contribution in [2.45, 2.75) is 65.6 Å². The molecule has 5 heteroatoms. The number of ether oxygens (including phenoxy) is 1. The minimum absolute atomic E-state index is 0.0481. The van der Waals surface area contributed by atoms with Crippen LogP contribution in [-0.2, 0) is 16.0 Å². The van der Waals surface area contributed by atoms with Gasteiger partial charge >= 0.3 is 0 Å². The molecule has 1 atom stereocenters. The second-order valence-corrected chi connectivity index (χ2v) is 8.58. The van der Waals surface area contributed by atoms with Gasteiger partial charge in [-0.3, -0.25) is 4.79 Å². The number of aromatic hydroxyl groups is 2. The molecule has 150 valence electrons. The van der Waals surface area contributed by atoms with E-state index in [0.717, 1.165) is 24.0 Å². The smallest absolute Gasteiger partial charge is 0.193 e. The summed E-state index contributed by atoms with van der Waals surface area (Å²) in [6.07, 6.45) is 7.33. The summed E-state index contributed by atoms with van der Waals surface area (Å²) in [6.45, 7) is 9.23. The third-order valence-corrected chi connectivity index (χ3v) is 6.11. The van der Waals surface area contributed by atoms with Crippen LogP contribution in [0.15, 0.2) is 28.9 Å². The van der Waals surface area contributed by atoms with Crippen LogP contribution in [0.2, 0.25) is 5.02 Å². The summed E-state index contributed by atoms with van der Waals surface area (Å²) in [4.78, 5) is 13.0. The maximum atomic E-state index is 13.0. The van der Waals surface area contributed by atoms with Gasteiger partial charge in [0.1, 0.15) is 23.2 Å². The average Bonchev–Trinajstić information content (AvgIpc) is 2.86. The van der Waals surface area contributed by atoms with Crippen LogP contribution in [0.5, 0.6) is 11.5 Å². The van der Waals surface area contributed by atoms with E-state index in [0.29, 0.717) is 28.7 Å². The molecular weight excluding hydrogens is 376 g/mol. The van der Waals surface area contributed by atoms with Gasteiger partial charge in [0.05, 0.1) is 5.02 Å². The molecule has 0 radical (unpaired) electrons. The van der Waals surface area contributed by atoms with Crippen LogP contribution < -0.4 is 0 Å². The highest BCUT2D eigenvalue weighted by Gasteiger charge is 2.45. The zero-order valence-electron chi connectivity index (χ0n) is 17.0. The third kappa shape index (κ3) is 3.51. The average molecular weight is 403 g/mol. The Labute approximate surface area is 171 Å². The van der Waals surface area contributed by atoms with Crippen LogP contribution in [0.1, 0.15) is 57.2 Å². The second kappa shape index (κ2) is 7.41. The highest BCUT2D eigenvalue weighted by molar-refractivity contribution is 6.33. The van der Waals surface area contributed by atoms with Crippen molar-refractivity contribution in [2.24, 2.45) is 0 Å². The molecule has 1 aliphatic heterocycles. The molecule has 28 heavy (non-hydrogen) atoms. The van der Waals surface area contributed by atoms with Gasteiger partial charge in [-0.05, 0) is 71.1 Å². The molecule has 2 aliphatic rings. The van der Waals surface area contributed by atoms with E-state index in [1.807, 2.05) is 19.9 Å². The zero-order chi connectivity index (χ0) is 20.8. The van der Waals surface area contributed by atoms with Gasteiger partial charge in [0.25, 0.3) is 0 Å². The number of benzene rings is 1. The summed E-state index contributed by atoms with van der Waals surface area (Å²) in [5.74, 6) is -0.273. The number of rotatable bonds is 0. The quantitative estimate of drug-likeness (QED) is 0.568. The number of ketones is 1. The predicted molar refractivity (Wildman–Crippen MR) is 112 cm³/mol. The SMILES string of the molecule is C/C1=C/CC/C(C)=C/Cc2c(O)c(Cl)c(C)c(c2O)/C=C2/C(=O)C(C)(C)O[C@H]12. The summed E-state index contributed by atoms with van der Waals surface area (Å²) >= 11 is 6.36. The molecule has 3 rings (SSSR count). The Morgan fingerprint density at radius 1 is 1.14 bits per heavy atom. The number of phenolic OH excluding ortho intramolecular Hbond substituents is 2. The number of carbonyl (C=O) groups is 1. The first kappa shape index (κ1) is 20.7. The van der Waals surface area contributed by atoms with Gasteiger partial charge < -0.3 is 14.9 Å². The molecule has 0 spiro atoms. The summed E-state index contributed by atoms with van der Waals surface area (Å²) in [5.41, 5.74) is 3.02. The van der Waals surface area contributed by atoms with Crippen molar-refractivity contribution in [1.82, 2.24) is 0 Å². The number of phenols is 2. The highest BCUT2D eigenvalue weighted by atomic mass is 35.5. The van der Waals surface area contributed by atoms with Gasteiger partial charge in [-0.25, -0.2) is 0 Å². The van der Waals surface area contributed by atoms with Gasteiger partial charge in [-0.2, -0.15) is 0 Å². The van der Waals surface area contributed by atoms with Crippen molar-refractivity contribution in [3.63, 3.8) is 0 Å². The van der Waals surface area contributed by atoms with Crippen molar-refractivity contribution in [1.29, 1.82) is 0 Å². The number of carbonyl (C=O) groups excluding carboxylic acids is 1. The maximum absolute atomic E-state index is 13.0. The van der Waals surface area contributed by atoms with Crippen molar-refractivity contribution in [3.8, 4) is 11.5 Å². The largest absolute Gasteiger partial charge is 0.507 e. The van der Waals surface area contributed by atoms with Gasteiger partial charge in [0.2, 0.25) is 0 Å². The summed E-state index contributed by atoms with van der Waals surface area (Å²) in [5, 5.41) is 21.6. The van der Waals surface area contributed by atoms with Gasteiger partial charge in [0, 0.05) is 16.7 Å². The van der Waals surface area contributed by atoms with E-state index in [2.05, 4.69) is 6.08 Å². The molecule has 0 aromatic heterocycles. The fourth-order valence-electron chi connectivity index (χ4n) is 3.78. The predicted octanol–water partition coefficient (Wildman–Crippen LogP) is 5.42. The molecule has 1 saturated heterocycles. The van der Waals surface area contributed by atoms with E-state index in [1.165, 1.54) is 0 Å². The molecule has 1 aliphatic carbocycles. The molecule has 0 saturated carbocycles. The number of halogens is 1. The fraction of sp³-hybridized carbons (Fsp3) is 0.435. The molecule has 1 aromatic carbocycles. The van der Waals surface area contributed by atoms with Crippen molar-refractivity contribution in [3.05, 3.63) is 50.6 Å². The van der Waals surface area contributed by atoms with Crippen molar-refractivity contribution >= 4 is 23.5 Å². The highest BCUT2D eigenvalue weighted by Crippen LogP contribution is 2.44. The van der Waals surface area contributed by atoms with E-state index in [9.17, 15) is 15.0 Å². The molecule has 1 aromatic rings. The van der Waals surface area contributed by atoms with Gasteiger partial charge in [-0.15, -0.1) is 0 Å². The first-order valence-corrected chi connectivity index (χ1v) is 9.91. The second-order valence-electron chi connectivity index (χ2n) is 8.21. The molecule has 1 heterocycles. The molecule has 2 N–H and O–H groups in total. The van der Waals surface area contributed by atoms with Crippen LogP contribution in [0.3, 0.4) is 0 Å². The Hall–Kier alpha value is -2.04. The molecule has 0 amide bonds. The standard InChI is InChI=1S/C23H27ClO4/c1-12-7-6-8-13(2)21-17(22(27)23(4,5)28-21)11-16-14(3)18(24)20(26)15(10-9-12)19(16)25/h8-9,11,21,25-26H,6-7,10H2,1-5H3/b12-9+,13-8-,17-11+/t21-/m1/s1. The summed E-state index contributed by atoms with van der Waals surface area (Å²) < 4.78 is 6.08. The van der Waals surface area contributed by atoms with Gasteiger partial charge in [-0.1, -0.05) is 29.3 Å². The molecule has 2 bridgehead atoms. The zero-order valence-corrected chi connectivity index (χ0v) is 17.8. The third-order valence-electron chi connectivity index (χ3n) is 5.64. The Balaban J connectivity index is 2.31. The Bertz CT molecular complexity index is 935. The number of hydrogen-bond acceptors (Lipinski definition) is 4. The van der Waals surface area contributed by atoms with E-state index in [-0.39, 0.29) is 22.3 Å². The Kier molecular flexibility index (Phi) is 5.48. The van der Waals surface area contributed by atoms with Crippen molar-refractivity contribution < 1.29 is 19.7 Å². The minimum atomic E-state index is -0.939. The first-order valence-electron chi connectivity index (χ1n) is 9.54. The minimum Gasteiger partial charge on any atom is -0.507 e. The monoisotopic (exact) mass is 402 g/mol. The Morgan fingerprint density at radius 2 is 1.82 bits per heavy atom. The molecule has 0 unspecified atom stereocenters. The normalized spacial score (nSPS) is 27.9. The van der Waals surface area contributed by atoms with Gasteiger partial charge in [0.15, 0.2) is 5.78 Å². The lowest BCUT2D eigenvalue weighted by molar-refractivity contribution is -0.128. The lowest BCUT2D eigenvalue weighted by Crippen LogP contribution is -2.27. The number of hydrogen-bond donors (Lipinski definition) is 2. The van der Waals surface area contributed by atoms with E-state index < -0.39 is 11.7 Å². The molecule has 4 nitrogen and oxygen atoms in total. The number of Topliss-reactive ketones (excluding diaryl/α,β-unsaturated/α-hetero) is 1. The maximum Gasteiger partial charge on any atom is 0.193 e. The lowest BCUT2D eigenvalue weighted by Gasteiger charge is -2.17. The van der Waals surface area contributed by atoms with Crippen molar-refractivity contribution in [2.75, 3.05) is 0 Å². The van der Waals surface area contributed by atoms with Crippen LogP contribution in [0.25, 0.3) is 6.08 Å². The van der Waals surface area contributed by atoms with E-state index >= 15 is 0 Å². The summed E-state index contributed by atoms with van der Waals surface area (Å²) in [6, 6.07) is 0. The molecular formula is C23H27ClO4.